The van der Waals surface area contributed by atoms with Crippen LogP contribution in [0.15, 0.2) is 42.9 Å². The highest BCUT2D eigenvalue weighted by molar-refractivity contribution is 5.87. The molecule has 2 aromatic heterocycles. The first-order valence-corrected chi connectivity index (χ1v) is 6.29. The van der Waals surface area contributed by atoms with E-state index in [2.05, 4.69) is 15.9 Å². The molecule has 0 fully saturated rings. The van der Waals surface area contributed by atoms with Crippen LogP contribution in [-0.2, 0) is 13.1 Å². The first-order valence-electron chi connectivity index (χ1n) is 6.29. The van der Waals surface area contributed by atoms with Crippen molar-refractivity contribution in [3.05, 3.63) is 54.0 Å². The van der Waals surface area contributed by atoms with Gasteiger partial charge in [0, 0.05) is 35.4 Å². The third-order valence-corrected chi connectivity index (χ3v) is 3.26. The minimum atomic E-state index is 0.716. The average molecular weight is 253 g/mol. The molecule has 0 aliphatic carbocycles. The average Bonchev–Trinajstić information content (AvgIpc) is 3.02. The normalized spacial score (nSPS) is 11.0. The number of aldehydes is 1. The van der Waals surface area contributed by atoms with E-state index >= 15 is 0 Å². The number of carbonyl (C=O) groups is 1. The number of fused-ring (bicyclic) bond motifs is 1. The first kappa shape index (κ1) is 11.7. The molecule has 0 saturated heterocycles. The molecule has 0 N–H and O–H groups in total. The van der Waals surface area contributed by atoms with Crippen molar-refractivity contribution >= 4 is 17.2 Å². The number of aryl methyl sites for hydroxylation is 3. The fourth-order valence-corrected chi connectivity index (χ4v) is 2.29. The Bertz CT molecular complexity index is 724. The summed E-state index contributed by atoms with van der Waals surface area (Å²) in [5.74, 6) is 0. The molecule has 0 amide bonds. The van der Waals surface area contributed by atoms with Crippen molar-refractivity contribution in [2.24, 2.45) is 0 Å². The third-order valence-electron chi connectivity index (χ3n) is 3.26. The SMILES string of the molecule is Cc1cnn(CCn2ccc3cc(C=O)ccc32)c1. The highest BCUT2D eigenvalue weighted by Crippen LogP contribution is 2.17. The second kappa shape index (κ2) is 4.72. The summed E-state index contributed by atoms with van der Waals surface area (Å²) in [6.45, 7) is 3.74. The molecule has 96 valence electrons. The minimum Gasteiger partial charge on any atom is -0.346 e. The van der Waals surface area contributed by atoms with Gasteiger partial charge in [-0.3, -0.25) is 9.48 Å². The summed E-state index contributed by atoms with van der Waals surface area (Å²) < 4.78 is 4.13. The fraction of sp³-hybridized carbons (Fsp3) is 0.200. The van der Waals surface area contributed by atoms with Crippen LogP contribution in [0.1, 0.15) is 15.9 Å². The van der Waals surface area contributed by atoms with E-state index < -0.39 is 0 Å². The maximum Gasteiger partial charge on any atom is 0.150 e. The number of aromatic nitrogens is 3. The van der Waals surface area contributed by atoms with Crippen molar-refractivity contribution in [2.45, 2.75) is 20.0 Å². The monoisotopic (exact) mass is 253 g/mol. The van der Waals surface area contributed by atoms with E-state index in [1.54, 1.807) is 0 Å². The zero-order valence-corrected chi connectivity index (χ0v) is 10.8. The van der Waals surface area contributed by atoms with Gasteiger partial charge in [-0.1, -0.05) is 0 Å². The largest absolute Gasteiger partial charge is 0.346 e. The van der Waals surface area contributed by atoms with Gasteiger partial charge in [-0.2, -0.15) is 5.10 Å². The second-order valence-corrected chi connectivity index (χ2v) is 4.73. The summed E-state index contributed by atoms with van der Waals surface area (Å²) in [5, 5.41) is 5.38. The predicted octanol–water partition coefficient (Wildman–Crippen LogP) is 2.66. The van der Waals surface area contributed by atoms with Crippen molar-refractivity contribution < 1.29 is 4.79 Å². The maximum absolute atomic E-state index is 10.8. The molecule has 0 unspecified atom stereocenters. The molecule has 0 bridgehead atoms. The van der Waals surface area contributed by atoms with Gasteiger partial charge in [-0.15, -0.1) is 0 Å². The zero-order valence-electron chi connectivity index (χ0n) is 10.8. The Hall–Kier alpha value is -2.36. The van der Waals surface area contributed by atoms with E-state index in [-0.39, 0.29) is 0 Å². The molecule has 0 atom stereocenters. The summed E-state index contributed by atoms with van der Waals surface area (Å²) in [7, 11) is 0. The lowest BCUT2D eigenvalue weighted by molar-refractivity contribution is 0.112. The van der Waals surface area contributed by atoms with Gasteiger partial charge in [0.1, 0.15) is 6.29 Å². The van der Waals surface area contributed by atoms with Gasteiger partial charge < -0.3 is 4.57 Å². The molecule has 4 nitrogen and oxygen atoms in total. The predicted molar refractivity (Wildman–Crippen MR) is 74.3 cm³/mol. The van der Waals surface area contributed by atoms with E-state index in [0.29, 0.717) is 5.56 Å². The Balaban J connectivity index is 1.83. The Morgan fingerprint density at radius 2 is 2.16 bits per heavy atom. The molecule has 2 heterocycles. The lowest BCUT2D eigenvalue weighted by atomic mass is 10.2. The lowest BCUT2D eigenvalue weighted by Crippen LogP contribution is -2.06. The van der Waals surface area contributed by atoms with Crippen LogP contribution < -0.4 is 0 Å². The Morgan fingerprint density at radius 1 is 1.26 bits per heavy atom. The van der Waals surface area contributed by atoms with Crippen LogP contribution in [-0.4, -0.2) is 20.6 Å². The molecule has 0 saturated carbocycles. The molecular weight excluding hydrogens is 238 g/mol. The van der Waals surface area contributed by atoms with Crippen LogP contribution in [0.2, 0.25) is 0 Å². The van der Waals surface area contributed by atoms with Gasteiger partial charge in [0.2, 0.25) is 0 Å². The Labute approximate surface area is 111 Å². The van der Waals surface area contributed by atoms with Crippen molar-refractivity contribution in [3.63, 3.8) is 0 Å². The summed E-state index contributed by atoms with van der Waals surface area (Å²) in [4.78, 5) is 10.8. The maximum atomic E-state index is 10.8. The van der Waals surface area contributed by atoms with Gasteiger partial charge in [-0.25, -0.2) is 0 Å². The molecule has 0 aliphatic heterocycles. The quantitative estimate of drug-likeness (QED) is 0.671. The summed E-state index contributed by atoms with van der Waals surface area (Å²) in [6.07, 6.45) is 6.83. The number of benzene rings is 1. The van der Waals surface area contributed by atoms with Gasteiger partial charge in [0.05, 0.1) is 12.7 Å². The summed E-state index contributed by atoms with van der Waals surface area (Å²) >= 11 is 0. The molecule has 3 rings (SSSR count). The van der Waals surface area contributed by atoms with Crippen LogP contribution >= 0.6 is 0 Å². The highest BCUT2D eigenvalue weighted by atomic mass is 16.1. The minimum absolute atomic E-state index is 0.716. The Kier molecular flexibility index (Phi) is 2.91. The van der Waals surface area contributed by atoms with Crippen LogP contribution in [0.3, 0.4) is 0 Å². The number of hydrogen-bond donors (Lipinski definition) is 0. The fourth-order valence-electron chi connectivity index (χ4n) is 2.29. The molecular formula is C15H15N3O. The zero-order chi connectivity index (χ0) is 13.2. The van der Waals surface area contributed by atoms with Gasteiger partial charge in [0.15, 0.2) is 0 Å². The molecule has 0 aliphatic rings. The second-order valence-electron chi connectivity index (χ2n) is 4.73. The molecule has 1 aromatic carbocycles. The standard InChI is InChI=1S/C15H15N3O/c1-12-9-16-18(10-12)7-6-17-5-4-14-8-13(11-19)2-3-15(14)17/h2-5,8-11H,6-7H2,1H3. The number of hydrogen-bond acceptors (Lipinski definition) is 2. The topological polar surface area (TPSA) is 39.8 Å². The Morgan fingerprint density at radius 3 is 2.89 bits per heavy atom. The number of carbonyl (C=O) groups excluding carboxylic acids is 1. The van der Waals surface area contributed by atoms with Gasteiger partial charge in [-0.05, 0) is 36.8 Å². The molecule has 19 heavy (non-hydrogen) atoms. The van der Waals surface area contributed by atoms with Crippen molar-refractivity contribution in [1.82, 2.24) is 14.3 Å². The third kappa shape index (κ3) is 2.29. The van der Waals surface area contributed by atoms with Crippen molar-refractivity contribution in [1.29, 1.82) is 0 Å². The van der Waals surface area contributed by atoms with E-state index in [0.717, 1.165) is 30.3 Å². The van der Waals surface area contributed by atoms with Crippen LogP contribution in [0.25, 0.3) is 10.9 Å². The van der Waals surface area contributed by atoms with E-state index in [4.69, 9.17) is 0 Å². The molecule has 0 spiro atoms. The molecule has 3 aromatic rings. The lowest BCUT2D eigenvalue weighted by Gasteiger charge is -2.06. The molecule has 4 heteroatoms. The van der Waals surface area contributed by atoms with Gasteiger partial charge in [0.25, 0.3) is 0 Å². The first-order chi connectivity index (χ1) is 9.26. The van der Waals surface area contributed by atoms with Crippen molar-refractivity contribution in [2.75, 3.05) is 0 Å². The smallest absolute Gasteiger partial charge is 0.150 e. The van der Waals surface area contributed by atoms with Gasteiger partial charge >= 0.3 is 0 Å². The summed E-state index contributed by atoms with van der Waals surface area (Å²) in [6, 6.07) is 7.80. The number of rotatable bonds is 4. The van der Waals surface area contributed by atoms with Crippen molar-refractivity contribution in [3.8, 4) is 0 Å². The van der Waals surface area contributed by atoms with Crippen LogP contribution in [0, 0.1) is 6.92 Å². The van der Waals surface area contributed by atoms with E-state index in [1.165, 1.54) is 5.56 Å². The highest BCUT2D eigenvalue weighted by Gasteiger charge is 2.02. The van der Waals surface area contributed by atoms with Crippen LogP contribution in [0.5, 0.6) is 0 Å². The number of nitrogens with zero attached hydrogens (tertiary/aromatic N) is 3. The van der Waals surface area contributed by atoms with Crippen LogP contribution in [0.4, 0.5) is 0 Å². The van der Waals surface area contributed by atoms with E-state index in [9.17, 15) is 4.79 Å². The van der Waals surface area contributed by atoms with E-state index in [1.807, 2.05) is 48.3 Å². The summed E-state index contributed by atoms with van der Waals surface area (Å²) in [5.41, 5.74) is 3.04. The molecule has 0 radical (unpaired) electrons.